The minimum absolute atomic E-state index is 0.719. The van der Waals surface area contributed by atoms with Crippen molar-refractivity contribution in [3.63, 3.8) is 0 Å². The summed E-state index contributed by atoms with van der Waals surface area (Å²) in [7, 11) is -10.0. The molecule has 0 aromatic heterocycles. The van der Waals surface area contributed by atoms with Gasteiger partial charge >= 0.3 is 0 Å². The second kappa shape index (κ2) is 12.4. The van der Waals surface area contributed by atoms with E-state index < -0.39 is 26.7 Å². The monoisotopic (exact) mass is 615 g/mol. The lowest BCUT2D eigenvalue weighted by molar-refractivity contribution is 0.580. The van der Waals surface area contributed by atoms with E-state index in [1.807, 2.05) is 158 Å². The first-order valence-corrected chi connectivity index (χ1v) is 20.2. The molecule has 43 heavy (non-hydrogen) atoms. The first-order valence-electron chi connectivity index (χ1n) is 14.4. The van der Waals surface area contributed by atoms with Gasteiger partial charge in [-0.05, 0) is 24.3 Å². The molecule has 0 fully saturated rings. The third-order valence-corrected chi connectivity index (χ3v) is 24.2. The smallest absolute Gasteiger partial charge is 0.197 e. The van der Waals surface area contributed by atoms with Gasteiger partial charge in [-0.1, -0.05) is 158 Å². The molecule has 0 spiro atoms. The molecule has 6 aromatic carbocycles. The molecule has 0 aliphatic heterocycles. The maximum absolute atomic E-state index is 16.8. The van der Waals surface area contributed by atoms with Gasteiger partial charge in [0.2, 0.25) is 0 Å². The molecule has 0 unspecified atom stereocenters. The van der Waals surface area contributed by atoms with Gasteiger partial charge in [-0.2, -0.15) is 0 Å². The fourth-order valence-electron chi connectivity index (χ4n) is 6.20. The highest BCUT2D eigenvalue weighted by molar-refractivity contribution is 8.12. The third-order valence-electron chi connectivity index (χ3n) is 8.26. The highest BCUT2D eigenvalue weighted by atomic mass is 31.3. The summed E-state index contributed by atoms with van der Waals surface area (Å²) in [5.74, 6) is 0. The van der Waals surface area contributed by atoms with Crippen LogP contribution in [-0.2, 0) is 9.13 Å². The van der Waals surface area contributed by atoms with Crippen LogP contribution in [0.1, 0.15) is 0 Å². The summed E-state index contributed by atoms with van der Waals surface area (Å²) in [5.41, 5.74) is 0. The Morgan fingerprint density at radius 2 is 0.581 bits per heavy atom. The third kappa shape index (κ3) is 5.19. The quantitative estimate of drug-likeness (QED) is 0.157. The van der Waals surface area contributed by atoms with Crippen LogP contribution in [0.15, 0.2) is 182 Å². The van der Waals surface area contributed by atoms with Gasteiger partial charge in [0.1, 0.15) is 10.6 Å². The number of hydrogen-bond donors (Lipinski definition) is 0. The summed E-state index contributed by atoms with van der Waals surface area (Å²) in [6.45, 7) is 2.25. The lowest BCUT2D eigenvalue weighted by Crippen LogP contribution is -2.40. The van der Waals surface area contributed by atoms with Crippen LogP contribution >= 0.6 is 21.5 Å². The van der Waals surface area contributed by atoms with E-state index in [0.717, 1.165) is 31.8 Å². The lowest BCUT2D eigenvalue weighted by Gasteiger charge is -2.41. The molecule has 0 heterocycles. The van der Waals surface area contributed by atoms with Gasteiger partial charge in [0.25, 0.3) is 0 Å². The number of benzene rings is 6. The Hall–Kier alpha value is -3.79. The fourth-order valence-corrected chi connectivity index (χ4v) is 24.6. The van der Waals surface area contributed by atoms with Crippen molar-refractivity contribution in [1.29, 1.82) is 0 Å². The van der Waals surface area contributed by atoms with Gasteiger partial charge in [0.15, 0.2) is 19.4 Å². The van der Waals surface area contributed by atoms with Crippen LogP contribution in [0.25, 0.3) is 0 Å². The standard InChI is InChI=1S/C38H34O2P3/c1-41(32-20-8-2-9-21-32,33-22-10-3-11-23-33)38(42(39,34-24-12-4-13-25-34)35-26-14-5-15-27-35)43(40,36-28-16-6-17-29-36)37-30-18-7-19-31-37/h2-31,38H,1H3/q+1. The summed E-state index contributed by atoms with van der Waals surface area (Å²) in [6, 6.07) is 59.7. The number of rotatable bonds is 9. The normalized spacial score (nSPS) is 12.2. The van der Waals surface area contributed by atoms with Crippen molar-refractivity contribution in [1.82, 2.24) is 0 Å². The zero-order valence-corrected chi connectivity index (χ0v) is 26.7. The van der Waals surface area contributed by atoms with Crippen LogP contribution in [0.2, 0.25) is 0 Å². The summed E-state index contributed by atoms with van der Waals surface area (Å²) in [4.78, 5) is 0. The second-order valence-electron chi connectivity index (χ2n) is 10.8. The molecule has 6 rings (SSSR count). The maximum atomic E-state index is 16.8. The van der Waals surface area contributed by atoms with Crippen molar-refractivity contribution in [2.24, 2.45) is 0 Å². The van der Waals surface area contributed by atoms with E-state index in [0.29, 0.717) is 0 Å². The number of hydrogen-bond acceptors (Lipinski definition) is 2. The summed E-state index contributed by atoms with van der Waals surface area (Å²) < 4.78 is 33.5. The van der Waals surface area contributed by atoms with E-state index in [-0.39, 0.29) is 0 Å². The Kier molecular flexibility index (Phi) is 8.47. The predicted molar refractivity (Wildman–Crippen MR) is 188 cm³/mol. The highest BCUT2D eigenvalue weighted by Gasteiger charge is 2.65. The zero-order chi connectivity index (χ0) is 29.8. The van der Waals surface area contributed by atoms with Crippen LogP contribution < -0.4 is 31.8 Å². The van der Waals surface area contributed by atoms with E-state index in [1.54, 1.807) is 0 Å². The van der Waals surface area contributed by atoms with Crippen molar-refractivity contribution >= 4 is 53.4 Å². The van der Waals surface area contributed by atoms with Crippen molar-refractivity contribution in [2.75, 3.05) is 6.66 Å². The lowest BCUT2D eigenvalue weighted by atomic mass is 10.4. The van der Waals surface area contributed by atoms with Gasteiger partial charge in [-0.3, -0.25) is 0 Å². The molecule has 0 aliphatic carbocycles. The van der Waals surface area contributed by atoms with Crippen molar-refractivity contribution in [3.8, 4) is 0 Å². The fraction of sp³-hybridized carbons (Fsp3) is 0.0526. The SMILES string of the molecule is C[P+](c1ccccc1)(c1ccccc1)C(P(=O)(c1ccccc1)c1ccccc1)P(=O)(c1ccccc1)c1ccccc1. The molecule has 0 atom stereocenters. The topological polar surface area (TPSA) is 34.1 Å². The van der Waals surface area contributed by atoms with E-state index in [4.69, 9.17) is 0 Å². The first-order chi connectivity index (χ1) is 21.0. The van der Waals surface area contributed by atoms with Crippen LogP contribution in [-0.4, -0.2) is 11.8 Å². The van der Waals surface area contributed by atoms with E-state index in [2.05, 4.69) is 30.9 Å². The summed E-state index contributed by atoms with van der Waals surface area (Å²) in [6.07, 6.45) is 0. The minimum atomic E-state index is -3.65. The van der Waals surface area contributed by atoms with E-state index in [1.165, 1.54) is 0 Å². The molecule has 0 amide bonds. The van der Waals surface area contributed by atoms with Gasteiger partial charge in [0, 0.05) is 21.2 Å². The molecule has 0 radical (unpaired) electrons. The predicted octanol–water partition coefficient (Wildman–Crippen LogP) is 7.60. The molecular weight excluding hydrogens is 581 g/mol. The molecule has 5 heteroatoms. The summed E-state index contributed by atoms with van der Waals surface area (Å²) in [5, 5.41) is 4.27. The molecule has 0 N–H and O–H groups in total. The van der Waals surface area contributed by atoms with Crippen LogP contribution in [0.3, 0.4) is 0 Å². The first kappa shape index (κ1) is 29.3. The maximum Gasteiger partial charge on any atom is 0.197 e. The van der Waals surface area contributed by atoms with Gasteiger partial charge < -0.3 is 9.13 Å². The molecule has 0 aliphatic rings. The Bertz CT molecular complexity index is 1640. The average molecular weight is 616 g/mol. The van der Waals surface area contributed by atoms with Crippen molar-refractivity contribution in [3.05, 3.63) is 182 Å². The Morgan fingerprint density at radius 1 is 0.372 bits per heavy atom. The molecule has 0 saturated carbocycles. The second-order valence-corrected chi connectivity index (χ2v) is 21.4. The molecule has 0 saturated heterocycles. The molecule has 2 nitrogen and oxygen atoms in total. The molecular formula is C38H34O2P3+. The minimum Gasteiger partial charge on any atom is -0.309 e. The molecule has 212 valence electrons. The zero-order valence-electron chi connectivity index (χ0n) is 24.1. The Balaban J connectivity index is 1.85. The van der Waals surface area contributed by atoms with Crippen LogP contribution in [0.5, 0.6) is 0 Å². The van der Waals surface area contributed by atoms with Gasteiger partial charge in [0.05, 0.1) is 13.9 Å². The van der Waals surface area contributed by atoms with Gasteiger partial charge in [-0.15, -0.1) is 0 Å². The summed E-state index contributed by atoms with van der Waals surface area (Å²) >= 11 is 0. The average Bonchev–Trinajstić information content (AvgIpc) is 3.10. The van der Waals surface area contributed by atoms with E-state index >= 15 is 9.13 Å². The Labute approximate surface area is 255 Å². The highest BCUT2D eigenvalue weighted by Crippen LogP contribution is 2.82. The Morgan fingerprint density at radius 3 is 0.814 bits per heavy atom. The van der Waals surface area contributed by atoms with Crippen LogP contribution in [0.4, 0.5) is 0 Å². The largest absolute Gasteiger partial charge is 0.309 e. The molecule has 0 bridgehead atoms. The van der Waals surface area contributed by atoms with Gasteiger partial charge in [-0.25, -0.2) is 0 Å². The van der Waals surface area contributed by atoms with E-state index in [9.17, 15) is 0 Å². The van der Waals surface area contributed by atoms with Crippen LogP contribution in [0, 0.1) is 0 Å². The van der Waals surface area contributed by atoms with Crippen molar-refractivity contribution in [2.45, 2.75) is 5.14 Å². The van der Waals surface area contributed by atoms with Crippen molar-refractivity contribution < 1.29 is 9.13 Å². The molecule has 6 aromatic rings.